The van der Waals surface area contributed by atoms with E-state index in [1.807, 2.05) is 0 Å². The smallest absolute Gasteiger partial charge is 0.329 e. The Kier molecular flexibility index (Phi) is 5.48. The van der Waals surface area contributed by atoms with Gasteiger partial charge in [0, 0.05) is 13.6 Å². The molecule has 1 N–H and O–H groups in total. The van der Waals surface area contributed by atoms with Crippen molar-refractivity contribution in [1.29, 1.82) is 0 Å². The van der Waals surface area contributed by atoms with Crippen LogP contribution in [0.2, 0.25) is 0 Å². The fourth-order valence-electron chi connectivity index (χ4n) is 1.95. The van der Waals surface area contributed by atoms with Crippen LogP contribution in [0.1, 0.15) is 30.4 Å². The summed E-state index contributed by atoms with van der Waals surface area (Å²) in [6.07, 6.45) is 0. The van der Waals surface area contributed by atoms with Crippen LogP contribution in [-0.2, 0) is 9.59 Å². The lowest BCUT2D eigenvalue weighted by molar-refractivity contribution is -0.156. The van der Waals surface area contributed by atoms with Gasteiger partial charge in [0.2, 0.25) is 5.91 Å². The molecule has 0 spiro atoms. The maximum absolute atomic E-state index is 12.3. The Hall–Kier alpha value is -1.89. The van der Waals surface area contributed by atoms with Gasteiger partial charge in [0.05, 0.1) is 11.4 Å². The van der Waals surface area contributed by atoms with Crippen molar-refractivity contribution in [3.05, 3.63) is 22.4 Å². The largest absolute Gasteiger partial charge is 0.480 e. The van der Waals surface area contributed by atoms with E-state index < -0.39 is 17.4 Å². The number of carboxylic acid groups (broad SMARTS) is 1. The summed E-state index contributed by atoms with van der Waals surface area (Å²) in [4.78, 5) is 38.7. The highest BCUT2D eigenvalue weighted by Crippen LogP contribution is 2.16. The van der Waals surface area contributed by atoms with Crippen molar-refractivity contribution in [2.24, 2.45) is 0 Å². The number of nitrogens with zero attached hydrogens (tertiary/aromatic N) is 2. The predicted octanol–water partition coefficient (Wildman–Crippen LogP) is 1.53. The second-order valence-electron chi connectivity index (χ2n) is 5.14. The van der Waals surface area contributed by atoms with Crippen LogP contribution in [0.5, 0.6) is 0 Å². The summed E-state index contributed by atoms with van der Waals surface area (Å²) in [6, 6.07) is 3.45. The zero-order chi connectivity index (χ0) is 16.2. The lowest BCUT2D eigenvalue weighted by Gasteiger charge is -2.35. The molecule has 0 radical (unpaired) electrons. The molecule has 1 rings (SSSR count). The molecule has 7 heteroatoms. The van der Waals surface area contributed by atoms with Crippen LogP contribution in [0.15, 0.2) is 17.5 Å². The van der Waals surface area contributed by atoms with E-state index in [0.717, 1.165) is 0 Å². The van der Waals surface area contributed by atoms with E-state index >= 15 is 0 Å². The first-order valence-corrected chi connectivity index (χ1v) is 7.42. The minimum atomic E-state index is -1.31. The topological polar surface area (TPSA) is 77.9 Å². The molecule has 0 aliphatic heterocycles. The molecule has 6 nitrogen and oxygen atoms in total. The number of carbonyl (C=O) groups excluding carboxylic acids is 2. The second kappa shape index (κ2) is 6.71. The van der Waals surface area contributed by atoms with Gasteiger partial charge >= 0.3 is 5.97 Å². The molecular formula is C14H20N2O4S. The number of hydrogen-bond acceptors (Lipinski definition) is 4. The van der Waals surface area contributed by atoms with Crippen LogP contribution in [0.3, 0.4) is 0 Å². The zero-order valence-electron chi connectivity index (χ0n) is 12.6. The van der Waals surface area contributed by atoms with Crippen molar-refractivity contribution in [1.82, 2.24) is 9.80 Å². The Morgan fingerprint density at radius 1 is 1.33 bits per heavy atom. The second-order valence-corrected chi connectivity index (χ2v) is 6.09. The summed E-state index contributed by atoms with van der Waals surface area (Å²) in [6.45, 7) is 4.76. The third kappa shape index (κ3) is 3.81. The van der Waals surface area contributed by atoms with Crippen LogP contribution in [0.4, 0.5) is 0 Å². The van der Waals surface area contributed by atoms with Crippen LogP contribution in [0, 0.1) is 0 Å². The first-order valence-electron chi connectivity index (χ1n) is 6.54. The normalized spacial score (nSPS) is 11.0. The summed E-state index contributed by atoms with van der Waals surface area (Å²) >= 11 is 1.30. The van der Waals surface area contributed by atoms with Gasteiger partial charge in [0.25, 0.3) is 5.91 Å². The monoisotopic (exact) mass is 312 g/mol. The number of thiophene rings is 1. The average Bonchev–Trinajstić information content (AvgIpc) is 2.91. The summed E-state index contributed by atoms with van der Waals surface area (Å²) < 4.78 is 0. The summed E-state index contributed by atoms with van der Waals surface area (Å²) in [7, 11) is 1.53. The Morgan fingerprint density at radius 3 is 2.38 bits per heavy atom. The molecule has 0 bridgehead atoms. The third-order valence-electron chi connectivity index (χ3n) is 3.27. The van der Waals surface area contributed by atoms with E-state index in [1.165, 1.54) is 42.0 Å². The number of carbonyl (C=O) groups is 3. The van der Waals surface area contributed by atoms with Crippen molar-refractivity contribution < 1.29 is 19.5 Å². The highest BCUT2D eigenvalue weighted by atomic mass is 32.1. The molecule has 2 amide bonds. The van der Waals surface area contributed by atoms with Crippen LogP contribution in [0.25, 0.3) is 0 Å². The standard InChI is InChI=1S/C14H20N2O4S/c1-5-16(14(2,3)13(19)20)11(17)9-15(4)12(18)10-7-6-8-21-10/h6-8H,5,9H2,1-4H3,(H,19,20). The molecule has 0 aliphatic rings. The van der Waals surface area contributed by atoms with E-state index in [1.54, 1.807) is 24.4 Å². The lowest BCUT2D eigenvalue weighted by atomic mass is 10.0. The number of hydrogen-bond donors (Lipinski definition) is 1. The molecular weight excluding hydrogens is 292 g/mol. The summed E-state index contributed by atoms with van der Waals surface area (Å²) in [5.74, 6) is -1.72. The number of amides is 2. The van der Waals surface area contributed by atoms with E-state index in [-0.39, 0.29) is 19.0 Å². The molecule has 0 saturated heterocycles. The Balaban J connectivity index is 2.79. The molecule has 21 heavy (non-hydrogen) atoms. The number of likely N-dealkylation sites (N-methyl/N-ethyl adjacent to an activating group) is 2. The number of rotatable bonds is 6. The van der Waals surface area contributed by atoms with Gasteiger partial charge in [-0.05, 0) is 32.2 Å². The molecule has 1 aromatic heterocycles. The van der Waals surface area contributed by atoms with Gasteiger partial charge in [-0.25, -0.2) is 4.79 Å². The molecule has 0 unspecified atom stereocenters. The van der Waals surface area contributed by atoms with Crippen LogP contribution >= 0.6 is 11.3 Å². The predicted molar refractivity (Wildman–Crippen MR) is 80.4 cm³/mol. The maximum atomic E-state index is 12.3. The number of aliphatic carboxylic acids is 1. The van der Waals surface area contributed by atoms with E-state index in [2.05, 4.69) is 0 Å². The van der Waals surface area contributed by atoms with Gasteiger partial charge in [0.1, 0.15) is 5.54 Å². The van der Waals surface area contributed by atoms with Crippen molar-refractivity contribution in [3.63, 3.8) is 0 Å². The Bertz CT molecular complexity index is 525. The highest BCUT2D eigenvalue weighted by Gasteiger charge is 2.37. The van der Waals surface area contributed by atoms with Gasteiger partial charge in [0.15, 0.2) is 0 Å². The molecule has 0 atom stereocenters. The van der Waals surface area contributed by atoms with Crippen molar-refractivity contribution in [2.45, 2.75) is 26.3 Å². The zero-order valence-corrected chi connectivity index (χ0v) is 13.4. The quantitative estimate of drug-likeness (QED) is 0.864. The molecule has 0 saturated carbocycles. The summed E-state index contributed by atoms with van der Waals surface area (Å²) in [5, 5.41) is 11.0. The molecule has 0 aromatic carbocycles. The SMILES string of the molecule is CCN(C(=O)CN(C)C(=O)c1cccs1)C(C)(C)C(=O)O. The fourth-order valence-corrected chi connectivity index (χ4v) is 2.66. The summed E-state index contributed by atoms with van der Waals surface area (Å²) in [5.41, 5.74) is -1.31. The Labute approximate surface area is 128 Å². The molecule has 1 heterocycles. The maximum Gasteiger partial charge on any atom is 0.329 e. The van der Waals surface area contributed by atoms with Crippen molar-refractivity contribution in [3.8, 4) is 0 Å². The van der Waals surface area contributed by atoms with Gasteiger partial charge in [-0.3, -0.25) is 9.59 Å². The average molecular weight is 312 g/mol. The van der Waals surface area contributed by atoms with E-state index in [9.17, 15) is 19.5 Å². The van der Waals surface area contributed by atoms with Crippen LogP contribution in [-0.4, -0.2) is 58.4 Å². The molecule has 0 aliphatic carbocycles. The number of carboxylic acids is 1. The minimum Gasteiger partial charge on any atom is -0.480 e. The molecule has 1 aromatic rings. The van der Waals surface area contributed by atoms with E-state index in [0.29, 0.717) is 4.88 Å². The van der Waals surface area contributed by atoms with Gasteiger partial charge in [-0.2, -0.15) is 0 Å². The van der Waals surface area contributed by atoms with Gasteiger partial charge in [-0.1, -0.05) is 6.07 Å². The first-order chi connectivity index (χ1) is 9.71. The first kappa shape index (κ1) is 17.2. The Morgan fingerprint density at radius 2 is 1.95 bits per heavy atom. The lowest BCUT2D eigenvalue weighted by Crippen LogP contribution is -2.55. The fraction of sp³-hybridized carbons (Fsp3) is 0.500. The minimum absolute atomic E-state index is 0.152. The third-order valence-corrected chi connectivity index (χ3v) is 4.12. The molecule has 0 fully saturated rings. The molecule has 116 valence electrons. The van der Waals surface area contributed by atoms with Gasteiger partial charge in [-0.15, -0.1) is 11.3 Å². The van der Waals surface area contributed by atoms with E-state index in [4.69, 9.17) is 0 Å². The van der Waals surface area contributed by atoms with Crippen LogP contribution < -0.4 is 0 Å². The van der Waals surface area contributed by atoms with Gasteiger partial charge < -0.3 is 14.9 Å². The highest BCUT2D eigenvalue weighted by molar-refractivity contribution is 7.12. The van der Waals surface area contributed by atoms with Crippen molar-refractivity contribution >= 4 is 29.1 Å². The van der Waals surface area contributed by atoms with Crippen molar-refractivity contribution in [2.75, 3.05) is 20.1 Å².